The Morgan fingerprint density at radius 1 is 1.17 bits per heavy atom. The number of urea groups is 1. The van der Waals surface area contributed by atoms with Crippen LogP contribution in [0.25, 0.3) is 0 Å². The van der Waals surface area contributed by atoms with Gasteiger partial charge >= 0.3 is 6.03 Å². The highest BCUT2D eigenvalue weighted by Crippen LogP contribution is 2.27. The van der Waals surface area contributed by atoms with E-state index in [1.165, 1.54) is 29.2 Å². The molecular weight excluding hydrogens is 309 g/mol. The van der Waals surface area contributed by atoms with Crippen LogP contribution in [0.3, 0.4) is 0 Å². The Bertz CT molecular complexity index is 842. The third-order valence-electron chi connectivity index (χ3n) is 3.95. The van der Waals surface area contributed by atoms with E-state index in [2.05, 4.69) is 0 Å². The van der Waals surface area contributed by atoms with Gasteiger partial charge in [-0.15, -0.1) is 0 Å². The van der Waals surface area contributed by atoms with Gasteiger partial charge in [-0.2, -0.15) is 5.26 Å². The van der Waals surface area contributed by atoms with Crippen LogP contribution in [0.5, 0.6) is 0 Å². The first-order chi connectivity index (χ1) is 11.5. The highest BCUT2D eigenvalue weighted by Gasteiger charge is 2.43. The van der Waals surface area contributed by atoms with E-state index < -0.39 is 17.9 Å². The van der Waals surface area contributed by atoms with Gasteiger partial charge in [-0.1, -0.05) is 12.1 Å². The summed E-state index contributed by atoms with van der Waals surface area (Å²) >= 11 is 0. The molecule has 24 heavy (non-hydrogen) atoms. The van der Waals surface area contributed by atoms with E-state index in [9.17, 15) is 14.0 Å². The zero-order chi connectivity index (χ0) is 17.3. The molecule has 3 amide bonds. The molecule has 1 aliphatic rings. The molecule has 1 atom stereocenters. The maximum atomic E-state index is 13.1. The van der Waals surface area contributed by atoms with Crippen LogP contribution in [-0.4, -0.2) is 22.9 Å². The fourth-order valence-corrected chi connectivity index (χ4v) is 2.73. The Hall–Kier alpha value is -3.20. The van der Waals surface area contributed by atoms with E-state index in [-0.39, 0.29) is 12.5 Å². The molecule has 0 bridgehead atoms. The van der Waals surface area contributed by atoms with E-state index in [1.54, 1.807) is 31.2 Å². The molecular formula is C18H14FN3O2. The molecule has 120 valence electrons. The van der Waals surface area contributed by atoms with Crippen LogP contribution in [0.2, 0.25) is 0 Å². The van der Waals surface area contributed by atoms with Crippen molar-refractivity contribution in [2.45, 2.75) is 19.5 Å². The summed E-state index contributed by atoms with van der Waals surface area (Å²) in [6.07, 6.45) is 0. The molecule has 6 heteroatoms. The van der Waals surface area contributed by atoms with E-state index in [0.29, 0.717) is 16.8 Å². The second-order valence-electron chi connectivity index (χ2n) is 5.54. The maximum Gasteiger partial charge on any atom is 0.332 e. The van der Waals surface area contributed by atoms with Gasteiger partial charge in [0.25, 0.3) is 5.91 Å². The van der Waals surface area contributed by atoms with Gasteiger partial charge < -0.3 is 0 Å². The van der Waals surface area contributed by atoms with Crippen molar-refractivity contribution < 1.29 is 14.0 Å². The van der Waals surface area contributed by atoms with Crippen LogP contribution in [0.1, 0.15) is 18.1 Å². The largest absolute Gasteiger partial charge is 0.332 e. The molecule has 2 aromatic rings. The number of imide groups is 1. The van der Waals surface area contributed by atoms with Crippen LogP contribution >= 0.6 is 0 Å². The molecule has 1 saturated heterocycles. The normalized spacial score (nSPS) is 17.3. The van der Waals surface area contributed by atoms with Crippen LogP contribution in [-0.2, 0) is 11.3 Å². The summed E-state index contributed by atoms with van der Waals surface area (Å²) in [5.74, 6) is -0.735. The molecule has 3 rings (SSSR count). The first kappa shape index (κ1) is 15.7. The summed E-state index contributed by atoms with van der Waals surface area (Å²) in [5, 5.41) is 8.95. The second kappa shape index (κ2) is 6.13. The van der Waals surface area contributed by atoms with Crippen molar-refractivity contribution in [2.24, 2.45) is 0 Å². The standard InChI is InChI=1S/C18H14FN3O2/c1-12-17(23)21(11-14-4-2-3-13(9-14)10-20)18(24)22(12)16-7-5-15(19)6-8-16/h2-9,12H,11H2,1H3/t12-/m0/s1. The third kappa shape index (κ3) is 2.72. The lowest BCUT2D eigenvalue weighted by atomic mass is 10.1. The summed E-state index contributed by atoms with van der Waals surface area (Å²) in [6, 6.07) is 13.1. The van der Waals surface area contributed by atoms with Crippen LogP contribution in [0.15, 0.2) is 48.5 Å². The van der Waals surface area contributed by atoms with E-state index >= 15 is 0 Å². The fraction of sp³-hybridized carbons (Fsp3) is 0.167. The molecule has 0 saturated carbocycles. The van der Waals surface area contributed by atoms with Crippen molar-refractivity contribution >= 4 is 17.6 Å². The minimum atomic E-state index is -0.665. The first-order valence-corrected chi connectivity index (χ1v) is 7.40. The number of amides is 3. The van der Waals surface area contributed by atoms with Gasteiger partial charge in [0.15, 0.2) is 0 Å². The summed E-state index contributed by atoms with van der Waals surface area (Å²) < 4.78 is 13.1. The molecule has 1 fully saturated rings. The molecule has 1 aliphatic heterocycles. The topological polar surface area (TPSA) is 64.4 Å². The van der Waals surface area contributed by atoms with Gasteiger partial charge in [-0.25, -0.2) is 9.18 Å². The average molecular weight is 323 g/mol. The zero-order valence-electron chi connectivity index (χ0n) is 12.9. The van der Waals surface area contributed by atoms with Crippen molar-refractivity contribution in [1.82, 2.24) is 4.90 Å². The summed E-state index contributed by atoms with van der Waals surface area (Å²) in [4.78, 5) is 27.6. The minimum Gasteiger partial charge on any atom is -0.282 e. The molecule has 0 aliphatic carbocycles. The highest BCUT2D eigenvalue weighted by molar-refractivity contribution is 6.13. The monoisotopic (exact) mass is 323 g/mol. The summed E-state index contributed by atoms with van der Waals surface area (Å²) in [6.45, 7) is 1.73. The van der Waals surface area contributed by atoms with Gasteiger partial charge in [0, 0.05) is 5.69 Å². The number of hydrogen-bond donors (Lipinski definition) is 0. The highest BCUT2D eigenvalue weighted by atomic mass is 19.1. The number of nitrogens with zero attached hydrogens (tertiary/aromatic N) is 3. The number of nitriles is 1. The molecule has 1 heterocycles. The molecule has 5 nitrogen and oxygen atoms in total. The summed E-state index contributed by atoms with van der Waals surface area (Å²) in [7, 11) is 0. The van der Waals surface area contributed by atoms with Crippen molar-refractivity contribution in [2.75, 3.05) is 4.90 Å². The van der Waals surface area contributed by atoms with Crippen molar-refractivity contribution in [3.63, 3.8) is 0 Å². The first-order valence-electron chi connectivity index (χ1n) is 7.40. The second-order valence-corrected chi connectivity index (χ2v) is 5.54. The Morgan fingerprint density at radius 3 is 2.54 bits per heavy atom. The molecule has 0 N–H and O–H groups in total. The molecule has 2 aromatic carbocycles. The van der Waals surface area contributed by atoms with Gasteiger partial charge in [-0.05, 0) is 48.9 Å². The Balaban J connectivity index is 1.87. The van der Waals surface area contributed by atoms with Crippen molar-refractivity contribution in [3.05, 3.63) is 65.5 Å². The predicted octanol–water partition coefficient (Wildman–Crippen LogP) is 3.05. The number of anilines is 1. The average Bonchev–Trinajstić information content (AvgIpc) is 2.80. The lowest BCUT2D eigenvalue weighted by Crippen LogP contribution is -2.33. The lowest BCUT2D eigenvalue weighted by Gasteiger charge is -2.19. The maximum absolute atomic E-state index is 13.1. The number of halogens is 1. The number of carbonyl (C=O) groups excluding carboxylic acids is 2. The van der Waals surface area contributed by atoms with E-state index in [0.717, 1.165) is 4.90 Å². The van der Waals surface area contributed by atoms with E-state index in [4.69, 9.17) is 5.26 Å². The number of rotatable bonds is 3. The van der Waals surface area contributed by atoms with Crippen LogP contribution in [0, 0.1) is 17.1 Å². The predicted molar refractivity (Wildman–Crippen MR) is 85.4 cm³/mol. The third-order valence-corrected chi connectivity index (χ3v) is 3.95. The van der Waals surface area contributed by atoms with Gasteiger partial charge in [0.2, 0.25) is 0 Å². The van der Waals surface area contributed by atoms with Gasteiger partial charge in [-0.3, -0.25) is 14.6 Å². The SMILES string of the molecule is C[C@H]1C(=O)N(Cc2cccc(C#N)c2)C(=O)N1c1ccc(F)cc1. The summed E-state index contributed by atoms with van der Waals surface area (Å²) in [5.41, 5.74) is 1.63. The fourth-order valence-electron chi connectivity index (χ4n) is 2.73. The van der Waals surface area contributed by atoms with Gasteiger partial charge in [0.05, 0.1) is 18.2 Å². The quantitative estimate of drug-likeness (QED) is 0.816. The number of carbonyl (C=O) groups is 2. The lowest BCUT2D eigenvalue weighted by molar-refractivity contribution is -0.127. The smallest absolute Gasteiger partial charge is 0.282 e. The van der Waals surface area contributed by atoms with Crippen molar-refractivity contribution in [3.8, 4) is 6.07 Å². The Kier molecular flexibility index (Phi) is 4.00. The molecule has 0 spiro atoms. The number of benzene rings is 2. The Labute approximate surface area is 138 Å². The van der Waals surface area contributed by atoms with Crippen LogP contribution < -0.4 is 4.90 Å². The minimum absolute atomic E-state index is 0.0925. The molecule has 0 unspecified atom stereocenters. The van der Waals surface area contributed by atoms with Crippen molar-refractivity contribution in [1.29, 1.82) is 5.26 Å². The molecule has 0 radical (unpaired) electrons. The Morgan fingerprint density at radius 2 is 1.88 bits per heavy atom. The van der Waals surface area contributed by atoms with Crippen LogP contribution in [0.4, 0.5) is 14.9 Å². The number of hydrogen-bond acceptors (Lipinski definition) is 3. The zero-order valence-corrected chi connectivity index (χ0v) is 12.9. The molecule has 0 aromatic heterocycles. The van der Waals surface area contributed by atoms with Gasteiger partial charge in [0.1, 0.15) is 11.9 Å². The van der Waals surface area contributed by atoms with E-state index in [1.807, 2.05) is 6.07 Å².